The van der Waals surface area contributed by atoms with Crippen LogP contribution in [-0.4, -0.2) is 30.3 Å². The molecule has 4 rings (SSSR count). The van der Waals surface area contributed by atoms with Gasteiger partial charge >= 0.3 is 6.03 Å². The predicted molar refractivity (Wildman–Crippen MR) is 75.5 cm³/mol. The Hall–Kier alpha value is -1.69. The number of benzene rings is 1. The summed E-state index contributed by atoms with van der Waals surface area (Å²) in [7, 11) is 0. The zero-order valence-electron chi connectivity index (χ0n) is 12.0. The Morgan fingerprint density at radius 3 is 2.45 bits per heavy atom. The van der Waals surface area contributed by atoms with E-state index in [9.17, 15) is 13.6 Å². The Bertz CT molecular complexity index is 590. The second kappa shape index (κ2) is 5.19. The highest BCUT2D eigenvalue weighted by atomic mass is 19.1. The summed E-state index contributed by atoms with van der Waals surface area (Å²) >= 11 is 0. The van der Waals surface area contributed by atoms with E-state index in [1.165, 1.54) is 18.2 Å². The van der Waals surface area contributed by atoms with Gasteiger partial charge < -0.3 is 15.4 Å². The number of halogens is 2. The molecule has 1 saturated carbocycles. The monoisotopic (exact) mass is 308 g/mol. The summed E-state index contributed by atoms with van der Waals surface area (Å²) in [6, 6.07) is 3.43. The molecule has 1 aliphatic carbocycles. The molecule has 2 aliphatic heterocycles. The average molecular weight is 308 g/mol. The highest BCUT2D eigenvalue weighted by Gasteiger charge is 2.44. The highest BCUT2D eigenvalue weighted by molar-refractivity contribution is 5.75. The van der Waals surface area contributed by atoms with Crippen LogP contribution in [0.3, 0.4) is 0 Å². The summed E-state index contributed by atoms with van der Waals surface area (Å²) in [6.07, 6.45) is 3.88. The molecule has 6 heteroatoms. The van der Waals surface area contributed by atoms with Crippen molar-refractivity contribution < 1.29 is 18.3 Å². The molecule has 2 amide bonds. The normalized spacial score (nSPS) is 35.5. The van der Waals surface area contributed by atoms with Crippen molar-refractivity contribution in [2.45, 2.75) is 55.9 Å². The lowest BCUT2D eigenvalue weighted by molar-refractivity contribution is 0.0981. The molecule has 0 radical (unpaired) electrons. The number of hydrogen-bond acceptors (Lipinski definition) is 2. The van der Waals surface area contributed by atoms with Crippen LogP contribution in [-0.2, 0) is 4.74 Å². The zero-order valence-corrected chi connectivity index (χ0v) is 12.0. The van der Waals surface area contributed by atoms with Gasteiger partial charge in [0.05, 0.1) is 18.2 Å². The largest absolute Gasteiger partial charge is 0.373 e. The summed E-state index contributed by atoms with van der Waals surface area (Å²) in [4.78, 5) is 12.0. The number of ether oxygens (including phenoxy) is 1. The molecule has 2 N–H and O–H groups in total. The molecule has 5 atom stereocenters. The van der Waals surface area contributed by atoms with Crippen LogP contribution < -0.4 is 10.6 Å². The topological polar surface area (TPSA) is 50.4 Å². The molecule has 3 fully saturated rings. The Morgan fingerprint density at radius 2 is 1.82 bits per heavy atom. The summed E-state index contributed by atoms with van der Waals surface area (Å²) in [6.45, 7) is 0. The molecule has 0 aromatic heterocycles. The van der Waals surface area contributed by atoms with E-state index < -0.39 is 11.6 Å². The van der Waals surface area contributed by atoms with Gasteiger partial charge in [-0.05, 0) is 37.8 Å². The van der Waals surface area contributed by atoms with Crippen molar-refractivity contribution >= 4 is 6.03 Å². The van der Waals surface area contributed by atoms with Crippen molar-refractivity contribution in [2.75, 3.05) is 0 Å². The second-order valence-electron chi connectivity index (χ2n) is 6.42. The Kier molecular flexibility index (Phi) is 3.29. The molecule has 118 valence electrons. The maximum atomic E-state index is 13.7. The van der Waals surface area contributed by atoms with E-state index in [1.54, 1.807) is 0 Å². The minimum Gasteiger partial charge on any atom is -0.373 e. The van der Waals surface area contributed by atoms with Gasteiger partial charge in [-0.15, -0.1) is 0 Å². The van der Waals surface area contributed by atoms with Crippen molar-refractivity contribution in [1.29, 1.82) is 0 Å². The van der Waals surface area contributed by atoms with E-state index >= 15 is 0 Å². The van der Waals surface area contributed by atoms with Gasteiger partial charge in [0.25, 0.3) is 0 Å². The first-order valence-electron chi connectivity index (χ1n) is 7.78. The fourth-order valence-corrected chi connectivity index (χ4v) is 3.71. The quantitative estimate of drug-likeness (QED) is 0.901. The minimum atomic E-state index is -0.545. The number of rotatable bonds is 3. The smallest absolute Gasteiger partial charge is 0.315 e. The van der Waals surface area contributed by atoms with Crippen molar-refractivity contribution in [3.63, 3.8) is 0 Å². The second-order valence-corrected chi connectivity index (χ2v) is 6.42. The van der Waals surface area contributed by atoms with Gasteiger partial charge in [-0.25, -0.2) is 13.6 Å². The van der Waals surface area contributed by atoms with Crippen LogP contribution in [0.1, 0.15) is 37.2 Å². The molecule has 1 aromatic rings. The number of carbonyl (C=O) groups is 1. The third-order valence-corrected chi connectivity index (χ3v) is 4.90. The van der Waals surface area contributed by atoms with Crippen LogP contribution in [0.4, 0.5) is 13.6 Å². The van der Waals surface area contributed by atoms with Crippen molar-refractivity contribution in [3.05, 3.63) is 35.4 Å². The molecule has 22 heavy (non-hydrogen) atoms. The van der Waals surface area contributed by atoms with Gasteiger partial charge in [0.15, 0.2) is 0 Å². The predicted octanol–water partition coefficient (Wildman–Crippen LogP) is 2.44. The zero-order chi connectivity index (χ0) is 15.3. The number of fused-ring (bicyclic) bond motifs is 2. The van der Waals surface area contributed by atoms with Crippen LogP contribution in [0.2, 0.25) is 0 Å². The number of hydrogen-bond donors (Lipinski definition) is 2. The maximum absolute atomic E-state index is 13.7. The van der Waals surface area contributed by atoms with E-state index in [-0.39, 0.29) is 41.8 Å². The van der Waals surface area contributed by atoms with Crippen molar-refractivity contribution in [3.8, 4) is 0 Å². The molecule has 3 aliphatic rings. The lowest BCUT2D eigenvalue weighted by Crippen LogP contribution is -2.47. The highest BCUT2D eigenvalue weighted by Crippen LogP contribution is 2.43. The Labute approximate surface area is 127 Å². The van der Waals surface area contributed by atoms with Gasteiger partial charge in [0.2, 0.25) is 0 Å². The number of amides is 2. The summed E-state index contributed by atoms with van der Waals surface area (Å²) in [5.74, 6) is -1.37. The summed E-state index contributed by atoms with van der Waals surface area (Å²) in [5, 5.41) is 5.72. The molecule has 1 aromatic carbocycles. The molecule has 0 unspecified atom stereocenters. The number of urea groups is 1. The van der Waals surface area contributed by atoms with E-state index in [1.807, 2.05) is 0 Å². The van der Waals surface area contributed by atoms with Gasteiger partial charge in [-0.2, -0.15) is 0 Å². The van der Waals surface area contributed by atoms with E-state index in [2.05, 4.69) is 10.6 Å². The van der Waals surface area contributed by atoms with Crippen molar-refractivity contribution in [2.24, 2.45) is 0 Å². The SMILES string of the molecule is O=C(N[C@H]1C[C@@H]1c1c(F)cccc1F)N[C@@H]1C[C@H]2CC[C@H]1O2. The molecule has 0 spiro atoms. The molecule has 4 nitrogen and oxygen atoms in total. The lowest BCUT2D eigenvalue weighted by atomic mass is 9.96. The fraction of sp³-hybridized carbons (Fsp3) is 0.562. The first kappa shape index (κ1) is 13.9. The van der Waals surface area contributed by atoms with Crippen LogP contribution >= 0.6 is 0 Å². The molecule has 2 saturated heterocycles. The first-order valence-corrected chi connectivity index (χ1v) is 7.78. The third kappa shape index (κ3) is 2.45. The van der Waals surface area contributed by atoms with Crippen molar-refractivity contribution in [1.82, 2.24) is 10.6 Å². The standard InChI is InChI=1S/C16H18F2N2O2/c17-10-2-1-3-11(18)15(10)9-7-12(9)19-16(21)20-13-6-8-4-5-14(13)22-8/h1-3,8-9,12-14H,4-7H2,(H2,19,20,21)/t8-,9+,12+,13-,14-/m1/s1. The first-order chi connectivity index (χ1) is 10.6. The summed E-state index contributed by atoms with van der Waals surface area (Å²) < 4.78 is 33.1. The molecular weight excluding hydrogens is 290 g/mol. The maximum Gasteiger partial charge on any atom is 0.315 e. The Morgan fingerprint density at radius 1 is 1.09 bits per heavy atom. The number of nitrogens with one attached hydrogen (secondary N) is 2. The van der Waals surface area contributed by atoms with Gasteiger partial charge in [0, 0.05) is 17.5 Å². The minimum absolute atomic E-state index is 0.0566. The Balaban J connectivity index is 1.33. The lowest BCUT2D eigenvalue weighted by Gasteiger charge is -2.20. The van der Waals surface area contributed by atoms with Crippen LogP contribution in [0.5, 0.6) is 0 Å². The van der Waals surface area contributed by atoms with Gasteiger partial charge in [-0.1, -0.05) is 6.07 Å². The van der Waals surface area contributed by atoms with E-state index in [4.69, 9.17) is 4.74 Å². The van der Waals surface area contributed by atoms with Gasteiger partial charge in [-0.3, -0.25) is 0 Å². The van der Waals surface area contributed by atoms with E-state index in [0.29, 0.717) is 6.42 Å². The third-order valence-electron chi connectivity index (χ3n) is 4.90. The van der Waals surface area contributed by atoms with Crippen LogP contribution in [0.25, 0.3) is 0 Å². The van der Waals surface area contributed by atoms with Crippen LogP contribution in [0.15, 0.2) is 18.2 Å². The van der Waals surface area contributed by atoms with Crippen LogP contribution in [0, 0.1) is 11.6 Å². The number of carbonyl (C=O) groups excluding carboxylic acids is 1. The van der Waals surface area contributed by atoms with E-state index in [0.717, 1.165) is 19.3 Å². The summed E-state index contributed by atoms with van der Waals surface area (Å²) in [5.41, 5.74) is 0.0797. The molecule has 2 heterocycles. The molecule has 2 bridgehead atoms. The molecular formula is C16H18F2N2O2. The fourth-order valence-electron chi connectivity index (χ4n) is 3.71. The van der Waals surface area contributed by atoms with Gasteiger partial charge in [0.1, 0.15) is 11.6 Å². The average Bonchev–Trinajstić information content (AvgIpc) is 2.91.